The minimum Gasteiger partial charge on any atom is -0.391 e. The van der Waals surface area contributed by atoms with E-state index >= 15 is 0 Å². The van der Waals surface area contributed by atoms with E-state index in [0.717, 1.165) is 0 Å². The van der Waals surface area contributed by atoms with Crippen molar-refractivity contribution in [2.24, 2.45) is 11.5 Å². The molecule has 4 nitrogen and oxygen atoms in total. The molecule has 14 heavy (non-hydrogen) atoms. The lowest BCUT2D eigenvalue weighted by molar-refractivity contribution is 0.0997. The van der Waals surface area contributed by atoms with Crippen LogP contribution < -0.4 is 11.5 Å². The first-order valence-electron chi connectivity index (χ1n) is 4.36. The van der Waals surface area contributed by atoms with Gasteiger partial charge in [-0.15, -0.1) is 0 Å². The maximum absolute atomic E-state index is 11.0. The molecule has 1 amide bonds. The zero-order chi connectivity index (χ0) is 10.7. The van der Waals surface area contributed by atoms with E-state index < -0.39 is 18.1 Å². The average Bonchev–Trinajstić information content (AvgIpc) is 2.16. The minimum absolute atomic E-state index is 0.362. The van der Waals surface area contributed by atoms with Crippen LogP contribution in [0.1, 0.15) is 28.9 Å². The van der Waals surface area contributed by atoms with Gasteiger partial charge in [-0.05, 0) is 18.6 Å². The summed E-state index contributed by atoms with van der Waals surface area (Å²) < 4.78 is 0. The molecule has 1 aromatic carbocycles. The molecular weight excluding hydrogens is 180 g/mol. The van der Waals surface area contributed by atoms with Crippen molar-refractivity contribution in [3.05, 3.63) is 35.4 Å². The van der Waals surface area contributed by atoms with E-state index in [2.05, 4.69) is 0 Å². The fourth-order valence-corrected chi connectivity index (χ4v) is 1.27. The Morgan fingerprint density at radius 3 is 2.50 bits per heavy atom. The summed E-state index contributed by atoms with van der Waals surface area (Å²) in [5.74, 6) is -0.531. The number of carbonyl (C=O) groups is 1. The molecule has 0 heterocycles. The van der Waals surface area contributed by atoms with Crippen LogP contribution in [-0.2, 0) is 0 Å². The van der Waals surface area contributed by atoms with Gasteiger partial charge in [-0.2, -0.15) is 0 Å². The Hall–Kier alpha value is -1.39. The number of nitrogens with two attached hydrogens (primary N) is 2. The Kier molecular flexibility index (Phi) is 3.22. The second kappa shape index (κ2) is 4.21. The molecule has 1 rings (SSSR count). The molecule has 0 radical (unpaired) electrons. The summed E-state index contributed by atoms with van der Waals surface area (Å²) in [5.41, 5.74) is 11.8. The highest BCUT2D eigenvalue weighted by Gasteiger charge is 2.17. The molecular formula is C10H14N2O2. The Morgan fingerprint density at radius 1 is 1.43 bits per heavy atom. The molecule has 0 fully saturated rings. The van der Waals surface area contributed by atoms with Crippen molar-refractivity contribution in [1.29, 1.82) is 0 Å². The van der Waals surface area contributed by atoms with Gasteiger partial charge < -0.3 is 16.6 Å². The summed E-state index contributed by atoms with van der Waals surface area (Å²) in [6, 6.07) is 6.17. The number of benzene rings is 1. The Balaban J connectivity index is 3.13. The van der Waals surface area contributed by atoms with Crippen molar-refractivity contribution in [1.82, 2.24) is 0 Å². The lowest BCUT2D eigenvalue weighted by atomic mass is 9.97. The van der Waals surface area contributed by atoms with Crippen LogP contribution in [0.2, 0.25) is 0 Å². The fraction of sp³-hybridized carbons (Fsp3) is 0.300. The number of hydrogen-bond donors (Lipinski definition) is 3. The first-order chi connectivity index (χ1) is 6.54. The Morgan fingerprint density at radius 2 is 2.00 bits per heavy atom. The van der Waals surface area contributed by atoms with Crippen LogP contribution in [0.15, 0.2) is 24.3 Å². The third-order valence-corrected chi connectivity index (χ3v) is 2.11. The van der Waals surface area contributed by atoms with E-state index in [1.807, 2.05) is 0 Å². The van der Waals surface area contributed by atoms with Crippen LogP contribution in [0.4, 0.5) is 0 Å². The first kappa shape index (κ1) is 10.7. The minimum atomic E-state index is -0.713. The van der Waals surface area contributed by atoms with Crippen LogP contribution >= 0.6 is 0 Å². The summed E-state index contributed by atoms with van der Waals surface area (Å²) in [6.07, 6.45) is -0.713. The summed E-state index contributed by atoms with van der Waals surface area (Å²) in [7, 11) is 0. The van der Waals surface area contributed by atoms with Crippen LogP contribution in [0.25, 0.3) is 0 Å². The van der Waals surface area contributed by atoms with Crippen LogP contribution in [0.5, 0.6) is 0 Å². The monoisotopic (exact) mass is 194 g/mol. The van der Waals surface area contributed by atoms with E-state index in [1.165, 1.54) is 0 Å². The van der Waals surface area contributed by atoms with Gasteiger partial charge in [0.2, 0.25) is 5.91 Å². The number of carbonyl (C=O) groups excluding carboxylic acids is 1. The van der Waals surface area contributed by atoms with Crippen molar-refractivity contribution in [3.8, 4) is 0 Å². The van der Waals surface area contributed by atoms with Gasteiger partial charge in [0, 0.05) is 5.56 Å². The van der Waals surface area contributed by atoms with E-state index in [0.29, 0.717) is 11.1 Å². The van der Waals surface area contributed by atoms with Gasteiger partial charge in [0.25, 0.3) is 0 Å². The Labute approximate surface area is 82.5 Å². The number of primary amides is 1. The summed E-state index contributed by atoms with van der Waals surface area (Å²) in [5, 5.41) is 9.30. The topological polar surface area (TPSA) is 89.3 Å². The van der Waals surface area contributed by atoms with E-state index in [4.69, 9.17) is 11.5 Å². The Bertz CT molecular complexity index is 337. The van der Waals surface area contributed by atoms with Gasteiger partial charge in [-0.1, -0.05) is 18.2 Å². The number of amides is 1. The first-order valence-corrected chi connectivity index (χ1v) is 4.36. The van der Waals surface area contributed by atoms with Gasteiger partial charge >= 0.3 is 0 Å². The highest BCUT2D eigenvalue weighted by atomic mass is 16.3. The summed E-state index contributed by atoms with van der Waals surface area (Å²) >= 11 is 0. The van der Waals surface area contributed by atoms with E-state index in [1.54, 1.807) is 31.2 Å². The van der Waals surface area contributed by atoms with Gasteiger partial charge in [0.05, 0.1) is 12.1 Å². The van der Waals surface area contributed by atoms with E-state index in [-0.39, 0.29) is 0 Å². The summed E-state index contributed by atoms with van der Waals surface area (Å²) in [4.78, 5) is 11.0. The highest BCUT2D eigenvalue weighted by Crippen LogP contribution is 2.18. The fourth-order valence-electron chi connectivity index (χ4n) is 1.27. The average molecular weight is 194 g/mol. The molecule has 4 heteroatoms. The van der Waals surface area contributed by atoms with Crippen molar-refractivity contribution < 1.29 is 9.90 Å². The second-order valence-corrected chi connectivity index (χ2v) is 3.22. The van der Waals surface area contributed by atoms with Crippen LogP contribution in [-0.4, -0.2) is 17.1 Å². The van der Waals surface area contributed by atoms with Crippen molar-refractivity contribution in [2.75, 3.05) is 0 Å². The lowest BCUT2D eigenvalue weighted by Gasteiger charge is -2.17. The maximum Gasteiger partial charge on any atom is 0.249 e. The number of aliphatic hydroxyl groups excluding tert-OH is 1. The summed E-state index contributed by atoms with van der Waals surface area (Å²) in [6.45, 7) is 1.57. The predicted molar refractivity (Wildman–Crippen MR) is 53.6 cm³/mol. The molecule has 0 aromatic heterocycles. The number of hydrogen-bond acceptors (Lipinski definition) is 3. The van der Waals surface area contributed by atoms with Crippen LogP contribution in [0, 0.1) is 0 Å². The molecule has 2 atom stereocenters. The van der Waals surface area contributed by atoms with E-state index in [9.17, 15) is 9.90 Å². The maximum atomic E-state index is 11.0. The molecule has 5 N–H and O–H groups in total. The molecule has 1 aromatic rings. The quantitative estimate of drug-likeness (QED) is 0.640. The molecule has 0 bridgehead atoms. The van der Waals surface area contributed by atoms with Crippen molar-refractivity contribution >= 4 is 5.91 Å². The predicted octanol–water partition coefficient (Wildman–Crippen LogP) is 0.166. The zero-order valence-electron chi connectivity index (χ0n) is 7.97. The molecule has 0 aliphatic rings. The van der Waals surface area contributed by atoms with Crippen molar-refractivity contribution in [3.63, 3.8) is 0 Å². The molecule has 0 saturated carbocycles. The number of rotatable bonds is 3. The molecule has 0 unspecified atom stereocenters. The largest absolute Gasteiger partial charge is 0.391 e. The van der Waals surface area contributed by atoms with Crippen molar-refractivity contribution in [2.45, 2.75) is 19.1 Å². The second-order valence-electron chi connectivity index (χ2n) is 3.22. The SMILES string of the molecule is C[C@@H](O)[C@@H](N)c1ccccc1C(N)=O. The number of aliphatic hydroxyl groups is 1. The lowest BCUT2D eigenvalue weighted by Crippen LogP contribution is -2.26. The molecule has 0 aliphatic heterocycles. The normalized spacial score (nSPS) is 14.8. The molecule has 0 aliphatic carbocycles. The standard InChI is InChI=1S/C10H14N2O2/c1-6(13)9(11)7-4-2-3-5-8(7)10(12)14/h2-6,9,13H,11H2,1H3,(H2,12,14)/t6-,9-/m1/s1. The van der Waals surface area contributed by atoms with Gasteiger partial charge in [0.1, 0.15) is 0 Å². The third kappa shape index (κ3) is 2.10. The molecule has 0 saturated heterocycles. The molecule has 0 spiro atoms. The van der Waals surface area contributed by atoms with Gasteiger partial charge in [-0.25, -0.2) is 0 Å². The van der Waals surface area contributed by atoms with Gasteiger partial charge in [-0.3, -0.25) is 4.79 Å². The highest BCUT2D eigenvalue weighted by molar-refractivity contribution is 5.94. The zero-order valence-corrected chi connectivity index (χ0v) is 7.97. The molecule has 76 valence electrons. The van der Waals surface area contributed by atoms with Gasteiger partial charge in [0.15, 0.2) is 0 Å². The third-order valence-electron chi connectivity index (χ3n) is 2.11. The smallest absolute Gasteiger partial charge is 0.249 e. The van der Waals surface area contributed by atoms with Crippen LogP contribution in [0.3, 0.4) is 0 Å².